The lowest BCUT2D eigenvalue weighted by Crippen LogP contribution is -2.35. The number of benzene rings is 2. The van der Waals surface area contributed by atoms with Gasteiger partial charge in [0.05, 0.1) is 7.11 Å². The van der Waals surface area contributed by atoms with Crippen LogP contribution >= 0.6 is 11.6 Å². The van der Waals surface area contributed by atoms with Gasteiger partial charge >= 0.3 is 0 Å². The third-order valence-electron chi connectivity index (χ3n) is 4.54. The van der Waals surface area contributed by atoms with Crippen molar-refractivity contribution >= 4 is 21.6 Å². The molecule has 0 saturated carbocycles. The lowest BCUT2D eigenvalue weighted by molar-refractivity contribution is 0.278. The smallest absolute Gasteiger partial charge is 0.246 e. The van der Waals surface area contributed by atoms with Gasteiger partial charge in [0.25, 0.3) is 0 Å². The lowest BCUT2D eigenvalue weighted by atomic mass is 10.2. The van der Waals surface area contributed by atoms with E-state index >= 15 is 0 Å². The predicted octanol–water partition coefficient (Wildman–Crippen LogP) is 3.25. The number of hydrogen-bond acceptors (Lipinski definition) is 4. The van der Waals surface area contributed by atoms with Crippen LogP contribution < -0.4 is 4.74 Å². The summed E-state index contributed by atoms with van der Waals surface area (Å²) in [7, 11) is -2.19. The molecule has 3 rings (SSSR count). The molecule has 1 fully saturated rings. The molecule has 1 aliphatic heterocycles. The van der Waals surface area contributed by atoms with Crippen LogP contribution in [0.15, 0.2) is 53.4 Å². The number of rotatable bonds is 5. The number of hydrogen-bond donors (Lipinski definition) is 0. The standard InChI is InChI=1S/C19H23ClN2O3S/c1-25-18-9-8-17(20)14-19(18)26(23,24)22-11-5-10-21(12-13-22)15-16-6-3-2-4-7-16/h2-4,6-9,14H,5,10-13,15H2,1H3. The molecule has 0 atom stereocenters. The van der Waals surface area contributed by atoms with E-state index in [9.17, 15) is 8.42 Å². The first kappa shape index (κ1) is 19.2. The molecule has 0 aromatic heterocycles. The Kier molecular flexibility index (Phi) is 6.19. The summed E-state index contributed by atoms with van der Waals surface area (Å²) < 4.78 is 33.0. The third kappa shape index (κ3) is 4.38. The zero-order valence-corrected chi connectivity index (χ0v) is 16.3. The van der Waals surface area contributed by atoms with Crippen LogP contribution in [0.4, 0.5) is 0 Å². The molecule has 0 unspecified atom stereocenters. The molecule has 0 bridgehead atoms. The molecule has 2 aromatic carbocycles. The molecular formula is C19H23ClN2O3S. The van der Waals surface area contributed by atoms with Crippen molar-refractivity contribution in [2.24, 2.45) is 0 Å². The zero-order valence-electron chi connectivity index (χ0n) is 14.8. The van der Waals surface area contributed by atoms with E-state index in [2.05, 4.69) is 17.0 Å². The summed E-state index contributed by atoms with van der Waals surface area (Å²) in [5, 5.41) is 0.380. The highest BCUT2D eigenvalue weighted by molar-refractivity contribution is 7.89. The second kappa shape index (κ2) is 8.39. The van der Waals surface area contributed by atoms with Crippen LogP contribution in [0.3, 0.4) is 0 Å². The topological polar surface area (TPSA) is 49.9 Å². The van der Waals surface area contributed by atoms with Crippen LogP contribution in [0.25, 0.3) is 0 Å². The normalized spacial score (nSPS) is 17.0. The van der Waals surface area contributed by atoms with Gasteiger partial charge < -0.3 is 4.74 Å². The quantitative estimate of drug-likeness (QED) is 0.781. The van der Waals surface area contributed by atoms with Crippen LogP contribution in [-0.4, -0.2) is 50.9 Å². The molecule has 1 aliphatic rings. The Bertz CT molecular complexity index is 843. The molecule has 0 amide bonds. The van der Waals surface area contributed by atoms with Crippen LogP contribution in [0.1, 0.15) is 12.0 Å². The largest absolute Gasteiger partial charge is 0.495 e. The lowest BCUT2D eigenvalue weighted by Gasteiger charge is -2.22. The number of nitrogens with zero attached hydrogens (tertiary/aromatic N) is 2. The second-order valence-corrected chi connectivity index (χ2v) is 8.66. The average molecular weight is 395 g/mol. The van der Waals surface area contributed by atoms with Gasteiger partial charge in [-0.05, 0) is 36.7 Å². The highest BCUT2D eigenvalue weighted by Gasteiger charge is 2.29. The molecule has 7 heteroatoms. The van der Waals surface area contributed by atoms with Crippen molar-refractivity contribution in [3.63, 3.8) is 0 Å². The molecular weight excluding hydrogens is 372 g/mol. The number of sulfonamides is 1. The summed E-state index contributed by atoms with van der Waals surface area (Å²) in [5.74, 6) is 0.319. The van der Waals surface area contributed by atoms with Crippen molar-refractivity contribution in [2.75, 3.05) is 33.3 Å². The summed E-state index contributed by atoms with van der Waals surface area (Å²) in [6.45, 7) is 3.33. The fourth-order valence-corrected chi connectivity index (χ4v) is 5.07. The summed E-state index contributed by atoms with van der Waals surface area (Å²) in [4.78, 5) is 2.42. The second-order valence-electron chi connectivity index (χ2n) is 6.31. The van der Waals surface area contributed by atoms with Crippen molar-refractivity contribution in [1.29, 1.82) is 0 Å². The van der Waals surface area contributed by atoms with Gasteiger partial charge in [-0.2, -0.15) is 4.31 Å². The van der Waals surface area contributed by atoms with Crippen molar-refractivity contribution in [3.05, 3.63) is 59.1 Å². The maximum Gasteiger partial charge on any atom is 0.246 e. The van der Waals surface area contributed by atoms with E-state index in [1.165, 1.54) is 23.0 Å². The van der Waals surface area contributed by atoms with Crippen molar-refractivity contribution in [1.82, 2.24) is 9.21 Å². The van der Waals surface area contributed by atoms with E-state index in [-0.39, 0.29) is 4.90 Å². The van der Waals surface area contributed by atoms with Crippen LogP contribution in [0.2, 0.25) is 5.02 Å². The van der Waals surface area contributed by atoms with E-state index in [0.717, 1.165) is 19.5 Å². The minimum atomic E-state index is -3.65. The maximum atomic E-state index is 13.1. The number of ether oxygens (including phenoxy) is 1. The van der Waals surface area contributed by atoms with Gasteiger partial charge in [0.1, 0.15) is 10.6 Å². The molecule has 5 nitrogen and oxygen atoms in total. The molecule has 0 radical (unpaired) electrons. The van der Waals surface area contributed by atoms with Gasteiger partial charge in [0.15, 0.2) is 0 Å². The van der Waals surface area contributed by atoms with Gasteiger partial charge in [-0.15, -0.1) is 0 Å². The molecule has 2 aromatic rings. The van der Waals surface area contributed by atoms with Gasteiger partial charge in [0.2, 0.25) is 10.0 Å². The SMILES string of the molecule is COc1ccc(Cl)cc1S(=O)(=O)N1CCCN(Cc2ccccc2)CC1. The summed E-state index contributed by atoms with van der Waals surface area (Å²) in [5.41, 5.74) is 1.24. The summed E-state index contributed by atoms with van der Waals surface area (Å²) >= 11 is 6.02. The Morgan fingerprint density at radius 2 is 1.81 bits per heavy atom. The molecule has 26 heavy (non-hydrogen) atoms. The monoisotopic (exact) mass is 394 g/mol. The first-order valence-corrected chi connectivity index (χ1v) is 10.4. The van der Waals surface area contributed by atoms with E-state index in [0.29, 0.717) is 30.4 Å². The van der Waals surface area contributed by atoms with E-state index in [1.54, 1.807) is 12.1 Å². The highest BCUT2D eigenvalue weighted by Crippen LogP contribution is 2.30. The molecule has 0 aliphatic carbocycles. The van der Waals surface area contributed by atoms with Gasteiger partial charge in [-0.3, -0.25) is 4.90 Å². The molecule has 0 N–H and O–H groups in total. The molecule has 1 saturated heterocycles. The minimum absolute atomic E-state index is 0.129. The van der Waals surface area contributed by atoms with Crippen LogP contribution in [0.5, 0.6) is 5.75 Å². The van der Waals surface area contributed by atoms with Crippen molar-refractivity contribution < 1.29 is 13.2 Å². The Morgan fingerprint density at radius 3 is 2.54 bits per heavy atom. The van der Waals surface area contributed by atoms with Gasteiger partial charge in [0, 0.05) is 31.2 Å². The van der Waals surface area contributed by atoms with E-state index in [4.69, 9.17) is 16.3 Å². The first-order chi connectivity index (χ1) is 12.5. The fraction of sp³-hybridized carbons (Fsp3) is 0.368. The Morgan fingerprint density at radius 1 is 1.04 bits per heavy atom. The predicted molar refractivity (Wildman–Crippen MR) is 103 cm³/mol. The maximum absolute atomic E-state index is 13.1. The average Bonchev–Trinajstić information content (AvgIpc) is 2.88. The Hall–Kier alpha value is -1.60. The highest BCUT2D eigenvalue weighted by atomic mass is 35.5. The number of methoxy groups -OCH3 is 1. The van der Waals surface area contributed by atoms with Gasteiger partial charge in [-0.1, -0.05) is 41.9 Å². The van der Waals surface area contributed by atoms with Crippen molar-refractivity contribution in [2.45, 2.75) is 17.9 Å². The minimum Gasteiger partial charge on any atom is -0.495 e. The van der Waals surface area contributed by atoms with Crippen LogP contribution in [-0.2, 0) is 16.6 Å². The Balaban J connectivity index is 1.75. The summed E-state index contributed by atoms with van der Waals surface area (Å²) in [6, 6.07) is 14.9. The summed E-state index contributed by atoms with van der Waals surface area (Å²) in [6.07, 6.45) is 0.787. The molecule has 1 heterocycles. The Labute approximate surface area is 160 Å². The van der Waals surface area contributed by atoms with Crippen LogP contribution in [0, 0.1) is 0 Å². The molecule has 140 valence electrons. The first-order valence-electron chi connectivity index (χ1n) is 8.60. The van der Waals surface area contributed by atoms with Gasteiger partial charge in [-0.25, -0.2) is 8.42 Å². The molecule has 0 spiro atoms. The van der Waals surface area contributed by atoms with Crippen molar-refractivity contribution in [3.8, 4) is 5.75 Å². The zero-order chi connectivity index (χ0) is 18.6. The van der Waals surface area contributed by atoms with E-state index < -0.39 is 10.0 Å². The number of halogens is 1. The fourth-order valence-electron chi connectivity index (χ4n) is 3.18. The van der Waals surface area contributed by atoms with E-state index in [1.807, 2.05) is 18.2 Å². The third-order valence-corrected chi connectivity index (χ3v) is 6.69.